The zero-order valence-electron chi connectivity index (χ0n) is 12.5. The molecule has 8 heteroatoms. The van der Waals surface area contributed by atoms with Gasteiger partial charge in [-0.2, -0.15) is 0 Å². The summed E-state index contributed by atoms with van der Waals surface area (Å²) in [6, 6.07) is 5.11. The van der Waals surface area contributed by atoms with E-state index >= 15 is 0 Å². The SMILES string of the molecule is CC1(C)[C@H](C(=O)Nc2cc(-n3cnnc3)ccc2Cl)[C@@H]1C(=O)O. The first kappa shape index (κ1) is 15.5. The smallest absolute Gasteiger partial charge is 0.307 e. The van der Waals surface area contributed by atoms with E-state index in [1.807, 2.05) is 0 Å². The second kappa shape index (κ2) is 5.34. The number of nitrogens with zero attached hydrogens (tertiary/aromatic N) is 3. The van der Waals surface area contributed by atoms with Gasteiger partial charge >= 0.3 is 5.97 Å². The van der Waals surface area contributed by atoms with Crippen LogP contribution in [0.25, 0.3) is 5.69 Å². The summed E-state index contributed by atoms with van der Waals surface area (Å²) in [4.78, 5) is 23.6. The predicted molar refractivity (Wildman–Crippen MR) is 83.4 cm³/mol. The van der Waals surface area contributed by atoms with Crippen LogP contribution in [-0.2, 0) is 9.59 Å². The van der Waals surface area contributed by atoms with E-state index in [2.05, 4.69) is 15.5 Å². The summed E-state index contributed by atoms with van der Waals surface area (Å²) in [5.41, 5.74) is 0.600. The van der Waals surface area contributed by atoms with Crippen molar-refractivity contribution in [2.45, 2.75) is 13.8 Å². The van der Waals surface area contributed by atoms with Gasteiger partial charge in [-0.3, -0.25) is 14.2 Å². The molecule has 7 nitrogen and oxygen atoms in total. The van der Waals surface area contributed by atoms with Gasteiger partial charge in [0.25, 0.3) is 0 Å². The molecular weight excluding hydrogens is 320 g/mol. The third kappa shape index (κ3) is 2.68. The van der Waals surface area contributed by atoms with Gasteiger partial charge in [0, 0.05) is 0 Å². The van der Waals surface area contributed by atoms with E-state index in [9.17, 15) is 14.7 Å². The molecule has 1 aromatic heterocycles. The normalized spacial score (nSPS) is 21.7. The molecule has 0 saturated heterocycles. The fraction of sp³-hybridized carbons (Fsp3) is 0.333. The van der Waals surface area contributed by atoms with Crippen molar-refractivity contribution in [3.63, 3.8) is 0 Å². The molecule has 0 unspecified atom stereocenters. The zero-order chi connectivity index (χ0) is 16.8. The van der Waals surface area contributed by atoms with Gasteiger partial charge in [0.05, 0.1) is 28.2 Å². The molecule has 1 fully saturated rings. The lowest BCUT2D eigenvalue weighted by Gasteiger charge is -2.10. The number of aliphatic carboxylic acids is 1. The molecule has 1 aromatic carbocycles. The summed E-state index contributed by atoms with van der Waals surface area (Å²) in [6.07, 6.45) is 3.05. The van der Waals surface area contributed by atoms with Gasteiger partial charge in [-0.1, -0.05) is 25.4 Å². The minimum absolute atomic E-state index is 0.342. The number of carboxylic acid groups (broad SMARTS) is 1. The minimum atomic E-state index is -0.959. The average molecular weight is 335 g/mol. The molecule has 0 radical (unpaired) electrons. The van der Waals surface area contributed by atoms with Gasteiger partial charge in [0.2, 0.25) is 5.91 Å². The highest BCUT2D eigenvalue weighted by molar-refractivity contribution is 6.33. The summed E-state index contributed by atoms with van der Waals surface area (Å²) in [7, 11) is 0. The number of halogens is 1. The summed E-state index contributed by atoms with van der Waals surface area (Å²) in [6.45, 7) is 3.54. The summed E-state index contributed by atoms with van der Waals surface area (Å²) in [5.74, 6) is -2.55. The minimum Gasteiger partial charge on any atom is -0.481 e. The number of aromatic nitrogens is 3. The van der Waals surface area contributed by atoms with E-state index in [0.29, 0.717) is 10.7 Å². The molecule has 2 aromatic rings. The Morgan fingerprint density at radius 2 is 1.91 bits per heavy atom. The third-order valence-electron chi connectivity index (χ3n) is 4.30. The molecule has 1 saturated carbocycles. The lowest BCUT2D eigenvalue weighted by atomic mass is 10.1. The molecule has 0 aliphatic heterocycles. The first-order chi connectivity index (χ1) is 10.8. The molecule has 1 heterocycles. The Morgan fingerprint density at radius 3 is 2.48 bits per heavy atom. The van der Waals surface area contributed by atoms with Crippen LogP contribution >= 0.6 is 11.6 Å². The number of rotatable bonds is 4. The standard InChI is InChI=1S/C15H15ClN4O3/c1-15(2)11(12(15)14(22)23)13(21)19-10-5-8(3-4-9(10)16)20-6-17-18-7-20/h3-7,11-12H,1-2H3,(H,19,21)(H,22,23)/t11-,12+/m0/s1. The van der Waals surface area contributed by atoms with Gasteiger partial charge in [-0.15, -0.1) is 10.2 Å². The number of amides is 1. The Bertz CT molecular complexity index is 773. The number of hydrogen-bond acceptors (Lipinski definition) is 4. The van der Waals surface area contributed by atoms with Crippen LogP contribution < -0.4 is 5.32 Å². The zero-order valence-corrected chi connectivity index (χ0v) is 13.3. The van der Waals surface area contributed by atoms with E-state index in [-0.39, 0.29) is 5.91 Å². The van der Waals surface area contributed by atoms with Crippen molar-refractivity contribution in [1.82, 2.24) is 14.8 Å². The fourth-order valence-electron chi connectivity index (χ4n) is 2.90. The third-order valence-corrected chi connectivity index (χ3v) is 4.63. The molecule has 3 rings (SSSR count). The lowest BCUT2D eigenvalue weighted by molar-refractivity contribution is -0.140. The van der Waals surface area contributed by atoms with Gasteiger partial charge in [0.1, 0.15) is 12.7 Å². The van der Waals surface area contributed by atoms with Crippen molar-refractivity contribution in [1.29, 1.82) is 0 Å². The number of carbonyl (C=O) groups excluding carboxylic acids is 1. The Morgan fingerprint density at radius 1 is 1.26 bits per heavy atom. The molecule has 1 aliphatic carbocycles. The molecule has 1 aliphatic rings. The number of hydrogen-bond donors (Lipinski definition) is 2. The lowest BCUT2D eigenvalue weighted by Crippen LogP contribution is -2.18. The van der Waals surface area contributed by atoms with E-state index in [0.717, 1.165) is 5.69 Å². The quantitative estimate of drug-likeness (QED) is 0.893. The van der Waals surface area contributed by atoms with Crippen molar-refractivity contribution in [2.75, 3.05) is 5.32 Å². The largest absolute Gasteiger partial charge is 0.481 e. The van der Waals surface area contributed by atoms with Crippen LogP contribution in [0.1, 0.15) is 13.8 Å². The monoisotopic (exact) mass is 334 g/mol. The number of carbonyl (C=O) groups is 2. The van der Waals surface area contributed by atoms with Crippen LogP contribution in [0.15, 0.2) is 30.9 Å². The van der Waals surface area contributed by atoms with Gasteiger partial charge in [-0.25, -0.2) is 0 Å². The Labute approximate surface area is 137 Å². The molecular formula is C15H15ClN4O3. The average Bonchev–Trinajstić information content (AvgIpc) is 2.86. The van der Waals surface area contributed by atoms with Crippen molar-refractivity contribution in [3.8, 4) is 5.69 Å². The van der Waals surface area contributed by atoms with Crippen LogP contribution in [0.5, 0.6) is 0 Å². The van der Waals surface area contributed by atoms with Gasteiger partial charge in [0.15, 0.2) is 0 Å². The van der Waals surface area contributed by atoms with Crippen LogP contribution in [-0.4, -0.2) is 31.7 Å². The molecule has 120 valence electrons. The molecule has 2 atom stereocenters. The summed E-state index contributed by atoms with van der Waals surface area (Å²) >= 11 is 6.13. The number of carboxylic acids is 1. The van der Waals surface area contributed by atoms with E-state index in [1.165, 1.54) is 12.7 Å². The highest BCUT2D eigenvalue weighted by Crippen LogP contribution is 2.58. The maximum absolute atomic E-state index is 12.4. The molecule has 2 N–H and O–H groups in total. The van der Waals surface area contributed by atoms with Crippen molar-refractivity contribution in [3.05, 3.63) is 35.9 Å². The Kier molecular flexibility index (Phi) is 3.60. The highest BCUT2D eigenvalue weighted by Gasteiger charge is 2.65. The second-order valence-corrected chi connectivity index (χ2v) is 6.54. The first-order valence-electron chi connectivity index (χ1n) is 7.00. The maximum Gasteiger partial charge on any atom is 0.307 e. The van der Waals surface area contributed by atoms with Crippen LogP contribution in [0, 0.1) is 17.3 Å². The molecule has 0 bridgehead atoms. The van der Waals surface area contributed by atoms with E-state index in [4.69, 9.17) is 11.6 Å². The summed E-state index contributed by atoms with van der Waals surface area (Å²) in [5, 5.41) is 19.7. The van der Waals surface area contributed by atoms with Crippen LogP contribution in [0.4, 0.5) is 5.69 Å². The highest BCUT2D eigenvalue weighted by atomic mass is 35.5. The van der Waals surface area contributed by atoms with Crippen LogP contribution in [0.2, 0.25) is 5.02 Å². The summed E-state index contributed by atoms with van der Waals surface area (Å²) < 4.78 is 1.67. The number of nitrogens with one attached hydrogen (secondary N) is 1. The van der Waals surface area contributed by atoms with Crippen molar-refractivity contribution >= 4 is 29.2 Å². The van der Waals surface area contributed by atoms with E-state index < -0.39 is 23.2 Å². The Balaban J connectivity index is 1.82. The van der Waals surface area contributed by atoms with Gasteiger partial charge < -0.3 is 10.4 Å². The van der Waals surface area contributed by atoms with Crippen molar-refractivity contribution < 1.29 is 14.7 Å². The molecule has 0 spiro atoms. The second-order valence-electron chi connectivity index (χ2n) is 6.14. The topological polar surface area (TPSA) is 97.1 Å². The number of benzene rings is 1. The molecule has 23 heavy (non-hydrogen) atoms. The number of anilines is 1. The van der Waals surface area contributed by atoms with E-state index in [1.54, 1.807) is 36.6 Å². The van der Waals surface area contributed by atoms with Gasteiger partial charge in [-0.05, 0) is 23.6 Å². The Hall–Kier alpha value is -2.41. The fourth-order valence-corrected chi connectivity index (χ4v) is 3.07. The maximum atomic E-state index is 12.4. The molecule has 1 amide bonds. The predicted octanol–water partition coefficient (Wildman–Crippen LogP) is 2.22. The van der Waals surface area contributed by atoms with Crippen molar-refractivity contribution in [2.24, 2.45) is 17.3 Å². The first-order valence-corrected chi connectivity index (χ1v) is 7.38. The van der Waals surface area contributed by atoms with Crippen LogP contribution in [0.3, 0.4) is 0 Å².